The number of benzene rings is 1. The molecule has 146 valence electrons. The van der Waals surface area contributed by atoms with E-state index in [2.05, 4.69) is 10.3 Å². The molecule has 27 heavy (non-hydrogen) atoms. The number of rotatable bonds is 9. The number of carbonyl (C=O) groups excluding carboxylic acids is 1. The number of carbonyl (C=O) groups is 1. The smallest absolute Gasteiger partial charge is 0.243 e. The van der Waals surface area contributed by atoms with Crippen LogP contribution in [0, 0.1) is 0 Å². The SMILES string of the molecule is CCN(CC)S(=O)(=O)c1ccc(CCC(=O)Nc2ccc(OC)nc2)cc1. The van der Waals surface area contributed by atoms with Crippen molar-refractivity contribution in [3.63, 3.8) is 0 Å². The highest BCUT2D eigenvalue weighted by Crippen LogP contribution is 2.17. The Morgan fingerprint density at radius 3 is 2.30 bits per heavy atom. The Hall–Kier alpha value is -2.45. The third kappa shape index (κ3) is 5.51. The van der Waals surface area contributed by atoms with Crippen LogP contribution in [0.25, 0.3) is 0 Å². The third-order valence-corrected chi connectivity index (χ3v) is 6.20. The number of pyridine rings is 1. The summed E-state index contributed by atoms with van der Waals surface area (Å²) in [4.78, 5) is 16.4. The molecule has 0 aliphatic carbocycles. The molecule has 0 radical (unpaired) electrons. The van der Waals surface area contributed by atoms with Crippen LogP contribution in [0.3, 0.4) is 0 Å². The molecule has 0 aliphatic rings. The fourth-order valence-corrected chi connectivity index (χ4v) is 4.06. The molecule has 1 heterocycles. The summed E-state index contributed by atoms with van der Waals surface area (Å²) in [6.45, 7) is 4.49. The first-order valence-electron chi connectivity index (χ1n) is 8.79. The van der Waals surface area contributed by atoms with Crippen LogP contribution in [0.1, 0.15) is 25.8 Å². The van der Waals surface area contributed by atoms with Crippen LogP contribution < -0.4 is 10.1 Å². The number of amides is 1. The highest BCUT2D eigenvalue weighted by atomic mass is 32.2. The number of methoxy groups -OCH3 is 1. The van der Waals surface area contributed by atoms with Crippen molar-refractivity contribution in [2.75, 3.05) is 25.5 Å². The number of hydrogen-bond acceptors (Lipinski definition) is 5. The maximum Gasteiger partial charge on any atom is 0.243 e. The van der Waals surface area contributed by atoms with Gasteiger partial charge in [0.15, 0.2) is 0 Å². The second-order valence-corrected chi connectivity index (χ2v) is 7.81. The summed E-state index contributed by atoms with van der Waals surface area (Å²) in [5, 5.41) is 2.77. The zero-order chi connectivity index (χ0) is 19.9. The van der Waals surface area contributed by atoms with E-state index in [1.807, 2.05) is 13.8 Å². The van der Waals surface area contributed by atoms with Crippen molar-refractivity contribution in [1.29, 1.82) is 0 Å². The number of ether oxygens (including phenoxy) is 1. The number of hydrogen-bond donors (Lipinski definition) is 1. The minimum atomic E-state index is -3.46. The van der Waals surface area contributed by atoms with E-state index >= 15 is 0 Å². The zero-order valence-electron chi connectivity index (χ0n) is 15.8. The summed E-state index contributed by atoms with van der Waals surface area (Å²) in [6, 6.07) is 10.1. The summed E-state index contributed by atoms with van der Waals surface area (Å²) in [7, 11) is -1.93. The number of nitrogens with one attached hydrogen (secondary N) is 1. The maximum absolute atomic E-state index is 12.5. The second-order valence-electron chi connectivity index (χ2n) is 5.87. The standard InChI is InChI=1S/C19H25N3O4S/c1-4-22(5-2)27(24,25)17-10-6-15(7-11-17)8-12-18(23)21-16-9-13-19(26-3)20-14-16/h6-7,9-11,13-14H,4-5,8,12H2,1-3H3,(H,21,23). The van der Waals surface area contributed by atoms with Crippen LogP contribution in [-0.2, 0) is 21.2 Å². The molecule has 1 aromatic heterocycles. The molecule has 1 aromatic carbocycles. The van der Waals surface area contributed by atoms with Crippen molar-refractivity contribution in [3.8, 4) is 5.88 Å². The van der Waals surface area contributed by atoms with Crippen molar-refractivity contribution in [2.45, 2.75) is 31.6 Å². The van der Waals surface area contributed by atoms with Crippen LogP contribution in [-0.4, -0.2) is 43.8 Å². The van der Waals surface area contributed by atoms with E-state index < -0.39 is 10.0 Å². The quantitative estimate of drug-likeness (QED) is 0.710. The number of aromatic nitrogens is 1. The molecule has 0 atom stereocenters. The van der Waals surface area contributed by atoms with E-state index in [1.165, 1.54) is 17.6 Å². The van der Waals surface area contributed by atoms with Crippen LogP contribution in [0.15, 0.2) is 47.5 Å². The molecule has 2 rings (SSSR count). The topological polar surface area (TPSA) is 88.6 Å². The number of anilines is 1. The lowest BCUT2D eigenvalue weighted by Crippen LogP contribution is -2.30. The lowest BCUT2D eigenvalue weighted by Gasteiger charge is -2.18. The minimum Gasteiger partial charge on any atom is -0.481 e. The van der Waals surface area contributed by atoms with Gasteiger partial charge in [0.2, 0.25) is 21.8 Å². The molecular formula is C19H25N3O4S. The van der Waals surface area contributed by atoms with Gasteiger partial charge in [0, 0.05) is 25.6 Å². The van der Waals surface area contributed by atoms with Gasteiger partial charge in [-0.25, -0.2) is 13.4 Å². The summed E-state index contributed by atoms with van der Waals surface area (Å²) < 4.78 is 31.3. The van der Waals surface area contributed by atoms with Gasteiger partial charge in [0.05, 0.1) is 23.9 Å². The average molecular weight is 391 g/mol. The average Bonchev–Trinajstić information content (AvgIpc) is 2.68. The van der Waals surface area contributed by atoms with Crippen molar-refractivity contribution >= 4 is 21.6 Å². The van der Waals surface area contributed by atoms with Crippen molar-refractivity contribution < 1.29 is 17.9 Å². The lowest BCUT2D eigenvalue weighted by molar-refractivity contribution is -0.116. The summed E-state index contributed by atoms with van der Waals surface area (Å²) in [6.07, 6.45) is 2.33. The Kier molecular flexibility index (Phi) is 7.32. The molecule has 0 bridgehead atoms. The van der Waals surface area contributed by atoms with Gasteiger partial charge in [-0.2, -0.15) is 4.31 Å². The van der Waals surface area contributed by atoms with Gasteiger partial charge >= 0.3 is 0 Å². The van der Waals surface area contributed by atoms with Crippen molar-refractivity contribution in [2.24, 2.45) is 0 Å². The Balaban J connectivity index is 1.93. The Morgan fingerprint density at radius 1 is 1.11 bits per heavy atom. The van der Waals surface area contributed by atoms with Crippen LogP contribution in [0.5, 0.6) is 5.88 Å². The molecule has 0 unspecified atom stereocenters. The normalized spacial score (nSPS) is 11.4. The Labute approximate surface area is 160 Å². The summed E-state index contributed by atoms with van der Waals surface area (Å²) in [5.41, 5.74) is 1.50. The van der Waals surface area contributed by atoms with E-state index in [9.17, 15) is 13.2 Å². The molecule has 0 fully saturated rings. The highest BCUT2D eigenvalue weighted by Gasteiger charge is 2.21. The maximum atomic E-state index is 12.5. The van der Waals surface area contributed by atoms with Gasteiger partial charge in [-0.1, -0.05) is 26.0 Å². The van der Waals surface area contributed by atoms with Crippen LogP contribution in [0.4, 0.5) is 5.69 Å². The molecule has 7 nitrogen and oxygen atoms in total. The predicted octanol–water partition coefficient (Wildman–Crippen LogP) is 2.69. The predicted molar refractivity (Wildman–Crippen MR) is 104 cm³/mol. The van der Waals surface area contributed by atoms with E-state index in [0.29, 0.717) is 31.1 Å². The van der Waals surface area contributed by atoms with Crippen molar-refractivity contribution in [1.82, 2.24) is 9.29 Å². The molecule has 8 heteroatoms. The highest BCUT2D eigenvalue weighted by molar-refractivity contribution is 7.89. The molecule has 0 saturated heterocycles. The molecule has 1 N–H and O–H groups in total. The largest absolute Gasteiger partial charge is 0.481 e. The summed E-state index contributed by atoms with van der Waals surface area (Å²) in [5.74, 6) is 0.342. The fourth-order valence-electron chi connectivity index (χ4n) is 2.60. The van der Waals surface area contributed by atoms with Gasteiger partial charge in [-0.05, 0) is 30.2 Å². The number of nitrogens with zero attached hydrogens (tertiary/aromatic N) is 2. The Morgan fingerprint density at radius 2 is 1.78 bits per heavy atom. The van der Waals surface area contributed by atoms with Crippen LogP contribution in [0.2, 0.25) is 0 Å². The monoisotopic (exact) mass is 391 g/mol. The first-order valence-corrected chi connectivity index (χ1v) is 10.2. The van der Waals surface area contributed by atoms with Gasteiger partial charge in [0.1, 0.15) is 0 Å². The van der Waals surface area contributed by atoms with Gasteiger partial charge in [-0.15, -0.1) is 0 Å². The Bertz CT molecular complexity index is 846. The van der Waals surface area contributed by atoms with Gasteiger partial charge in [0.25, 0.3) is 0 Å². The molecule has 0 aliphatic heterocycles. The lowest BCUT2D eigenvalue weighted by atomic mass is 10.1. The van der Waals surface area contributed by atoms with E-state index in [4.69, 9.17) is 4.74 Å². The van der Waals surface area contributed by atoms with Crippen LogP contribution >= 0.6 is 0 Å². The van der Waals surface area contributed by atoms with Crippen molar-refractivity contribution in [3.05, 3.63) is 48.2 Å². The number of aryl methyl sites for hydroxylation is 1. The fraction of sp³-hybridized carbons (Fsp3) is 0.368. The third-order valence-electron chi connectivity index (χ3n) is 4.14. The first kappa shape index (κ1) is 20.9. The molecular weight excluding hydrogens is 366 g/mol. The zero-order valence-corrected chi connectivity index (χ0v) is 16.6. The van der Waals surface area contributed by atoms with E-state index in [0.717, 1.165) is 5.56 Å². The first-order chi connectivity index (χ1) is 12.9. The summed E-state index contributed by atoms with van der Waals surface area (Å²) >= 11 is 0. The molecule has 2 aromatic rings. The van der Waals surface area contributed by atoms with E-state index in [-0.39, 0.29) is 17.2 Å². The van der Waals surface area contributed by atoms with E-state index in [1.54, 1.807) is 36.4 Å². The second kappa shape index (κ2) is 9.48. The molecule has 0 spiro atoms. The number of sulfonamides is 1. The molecule has 1 amide bonds. The van der Waals surface area contributed by atoms with Gasteiger partial charge in [-0.3, -0.25) is 4.79 Å². The molecule has 0 saturated carbocycles. The minimum absolute atomic E-state index is 0.137. The van der Waals surface area contributed by atoms with Gasteiger partial charge < -0.3 is 10.1 Å².